The van der Waals surface area contributed by atoms with Gasteiger partial charge in [-0.1, -0.05) is 28.1 Å². The number of nitrogens with one attached hydrogen (secondary N) is 4. The lowest BCUT2D eigenvalue weighted by Gasteiger charge is -2.23. The summed E-state index contributed by atoms with van der Waals surface area (Å²) in [5, 5.41) is 8.30. The van der Waals surface area contributed by atoms with Gasteiger partial charge in [0.2, 0.25) is 17.8 Å². The van der Waals surface area contributed by atoms with Crippen molar-refractivity contribution in [3.8, 4) is 5.75 Å². The molecular weight excluding hydrogens is 466 g/mol. The summed E-state index contributed by atoms with van der Waals surface area (Å²) in [6, 6.07) is 14.1. The van der Waals surface area contributed by atoms with Gasteiger partial charge in [0.1, 0.15) is 11.6 Å². The summed E-state index contributed by atoms with van der Waals surface area (Å²) in [6.07, 6.45) is -0.153. The smallest absolute Gasteiger partial charge is 0.258 e. The number of para-hydroxylation sites is 2. The van der Waals surface area contributed by atoms with E-state index in [9.17, 15) is 14.4 Å². The first-order valence-corrected chi connectivity index (χ1v) is 10.1. The molecule has 1 aliphatic heterocycles. The minimum atomic E-state index is -0.969. The van der Waals surface area contributed by atoms with Crippen LogP contribution in [0.4, 0.5) is 23.1 Å². The first-order chi connectivity index (χ1) is 14.9. The number of hydrogen-bond donors (Lipinski definition) is 4. The summed E-state index contributed by atoms with van der Waals surface area (Å²) in [7, 11) is 1.53. The van der Waals surface area contributed by atoms with Crippen LogP contribution in [0.2, 0.25) is 0 Å². The van der Waals surface area contributed by atoms with Crippen molar-refractivity contribution >= 4 is 50.9 Å². The number of methoxy groups -OCH3 is 1. The van der Waals surface area contributed by atoms with Gasteiger partial charge in [0.15, 0.2) is 0 Å². The van der Waals surface area contributed by atoms with Crippen LogP contribution < -0.4 is 26.2 Å². The summed E-state index contributed by atoms with van der Waals surface area (Å²) < 4.78 is 6.15. The van der Waals surface area contributed by atoms with Crippen molar-refractivity contribution in [2.24, 2.45) is 0 Å². The molecule has 4 rings (SSSR count). The number of hydrogen-bond acceptors (Lipinski definition) is 6. The SMILES string of the molecule is COc1ccccc1Nc1nc2c(c(=O)[nH]1)[C@@H](C(=O)Nc1ccc(Br)cc1)CC(=O)N2. The van der Waals surface area contributed by atoms with Gasteiger partial charge in [-0.15, -0.1) is 0 Å². The van der Waals surface area contributed by atoms with E-state index in [0.717, 1.165) is 4.47 Å². The summed E-state index contributed by atoms with van der Waals surface area (Å²) in [5.41, 5.74) is 0.734. The van der Waals surface area contributed by atoms with Crippen molar-refractivity contribution in [2.45, 2.75) is 12.3 Å². The van der Waals surface area contributed by atoms with Gasteiger partial charge in [-0.2, -0.15) is 4.98 Å². The number of fused-ring (bicyclic) bond motifs is 1. The number of rotatable bonds is 5. The predicted octanol–water partition coefficient (Wildman–Crippen LogP) is 3.35. The molecule has 1 aromatic heterocycles. The number of halogens is 1. The molecule has 2 aromatic carbocycles. The van der Waals surface area contributed by atoms with E-state index in [0.29, 0.717) is 17.1 Å². The van der Waals surface area contributed by atoms with Gasteiger partial charge < -0.3 is 20.7 Å². The Morgan fingerprint density at radius 1 is 1.16 bits per heavy atom. The standard InChI is InChI=1S/C21H18BrN5O4/c1-31-15-5-3-2-4-14(15)24-21-26-18-17(20(30)27-21)13(10-16(28)25-18)19(29)23-12-8-6-11(22)7-9-12/h2-9,13H,10H2,1H3,(H,23,29)(H3,24,25,26,27,28,30)/t13-/m0/s1. The van der Waals surface area contributed by atoms with Crippen LogP contribution in [-0.4, -0.2) is 28.9 Å². The highest BCUT2D eigenvalue weighted by atomic mass is 79.9. The number of amides is 2. The highest BCUT2D eigenvalue weighted by Gasteiger charge is 2.34. The number of ether oxygens (including phenoxy) is 1. The van der Waals surface area contributed by atoms with Crippen molar-refractivity contribution in [3.63, 3.8) is 0 Å². The Bertz CT molecular complexity index is 1210. The first-order valence-electron chi connectivity index (χ1n) is 9.35. The normalized spacial score (nSPS) is 14.9. The van der Waals surface area contributed by atoms with Crippen LogP contribution in [0.15, 0.2) is 57.8 Å². The fourth-order valence-corrected chi connectivity index (χ4v) is 3.56. The van der Waals surface area contributed by atoms with E-state index in [1.54, 1.807) is 42.5 Å². The van der Waals surface area contributed by atoms with E-state index in [1.807, 2.05) is 6.07 Å². The van der Waals surface area contributed by atoms with E-state index in [-0.39, 0.29) is 23.8 Å². The number of aromatic amines is 1. The van der Waals surface area contributed by atoms with E-state index in [4.69, 9.17) is 4.74 Å². The summed E-state index contributed by atoms with van der Waals surface area (Å²) >= 11 is 3.33. The number of benzene rings is 2. The molecule has 0 saturated carbocycles. The van der Waals surface area contributed by atoms with Crippen molar-refractivity contribution in [1.82, 2.24) is 9.97 Å². The second kappa shape index (κ2) is 8.60. The Morgan fingerprint density at radius 3 is 2.65 bits per heavy atom. The van der Waals surface area contributed by atoms with Crippen molar-refractivity contribution in [2.75, 3.05) is 23.1 Å². The molecule has 31 heavy (non-hydrogen) atoms. The molecule has 1 atom stereocenters. The van der Waals surface area contributed by atoms with Gasteiger partial charge in [-0.25, -0.2) is 0 Å². The molecule has 2 amide bonds. The molecule has 158 valence electrons. The molecule has 0 fully saturated rings. The van der Waals surface area contributed by atoms with E-state index >= 15 is 0 Å². The van der Waals surface area contributed by atoms with Gasteiger partial charge in [0.25, 0.3) is 5.56 Å². The fraction of sp³-hybridized carbons (Fsp3) is 0.143. The highest BCUT2D eigenvalue weighted by Crippen LogP contribution is 2.31. The number of anilines is 4. The molecule has 0 unspecified atom stereocenters. The Morgan fingerprint density at radius 2 is 1.90 bits per heavy atom. The average molecular weight is 484 g/mol. The molecular formula is C21H18BrN5O4. The summed E-state index contributed by atoms with van der Waals surface area (Å²) in [6.45, 7) is 0. The molecule has 10 heteroatoms. The largest absolute Gasteiger partial charge is 0.495 e. The van der Waals surface area contributed by atoms with Crippen LogP contribution in [-0.2, 0) is 9.59 Å². The average Bonchev–Trinajstić information content (AvgIpc) is 2.75. The zero-order valence-electron chi connectivity index (χ0n) is 16.4. The maximum Gasteiger partial charge on any atom is 0.258 e. The zero-order valence-corrected chi connectivity index (χ0v) is 17.9. The molecule has 1 aliphatic rings. The Hall–Kier alpha value is -3.66. The third kappa shape index (κ3) is 4.43. The maximum atomic E-state index is 12.9. The van der Waals surface area contributed by atoms with Crippen LogP contribution in [0.3, 0.4) is 0 Å². The van der Waals surface area contributed by atoms with Crippen molar-refractivity contribution in [1.29, 1.82) is 0 Å². The first kappa shape index (κ1) is 20.6. The Labute approximate surface area is 185 Å². The zero-order chi connectivity index (χ0) is 22.0. The van der Waals surface area contributed by atoms with Crippen LogP contribution in [0.1, 0.15) is 17.9 Å². The minimum Gasteiger partial charge on any atom is -0.495 e. The molecule has 0 bridgehead atoms. The number of carbonyl (C=O) groups is 2. The molecule has 0 saturated heterocycles. The van der Waals surface area contributed by atoms with Gasteiger partial charge in [0, 0.05) is 16.6 Å². The molecule has 3 aromatic rings. The van der Waals surface area contributed by atoms with Crippen molar-refractivity contribution in [3.05, 3.63) is 68.9 Å². The third-order valence-electron chi connectivity index (χ3n) is 4.74. The lowest BCUT2D eigenvalue weighted by molar-refractivity contribution is -0.123. The predicted molar refractivity (Wildman–Crippen MR) is 120 cm³/mol. The molecule has 9 nitrogen and oxygen atoms in total. The number of nitrogens with zero attached hydrogens (tertiary/aromatic N) is 1. The molecule has 0 radical (unpaired) electrons. The summed E-state index contributed by atoms with van der Waals surface area (Å²) in [4.78, 5) is 44.9. The molecule has 0 aliphatic carbocycles. The number of H-pyrrole nitrogens is 1. The van der Waals surface area contributed by atoms with Crippen LogP contribution >= 0.6 is 15.9 Å². The van der Waals surface area contributed by atoms with E-state index in [2.05, 4.69) is 41.8 Å². The topological polar surface area (TPSA) is 125 Å². The highest BCUT2D eigenvalue weighted by molar-refractivity contribution is 9.10. The van der Waals surface area contributed by atoms with Crippen LogP contribution in [0.25, 0.3) is 0 Å². The third-order valence-corrected chi connectivity index (χ3v) is 5.27. The lowest BCUT2D eigenvalue weighted by Crippen LogP contribution is -2.36. The quantitative estimate of drug-likeness (QED) is 0.440. The van der Waals surface area contributed by atoms with Crippen molar-refractivity contribution < 1.29 is 14.3 Å². The molecule has 4 N–H and O–H groups in total. The maximum absolute atomic E-state index is 12.9. The Balaban J connectivity index is 1.64. The van der Waals surface area contributed by atoms with E-state index < -0.39 is 23.3 Å². The van der Waals surface area contributed by atoms with Gasteiger partial charge in [-0.3, -0.25) is 19.4 Å². The monoisotopic (exact) mass is 483 g/mol. The lowest BCUT2D eigenvalue weighted by atomic mass is 9.92. The van der Waals surface area contributed by atoms with Crippen LogP contribution in [0.5, 0.6) is 5.75 Å². The van der Waals surface area contributed by atoms with Gasteiger partial charge in [0.05, 0.1) is 24.3 Å². The molecule has 2 heterocycles. The summed E-state index contributed by atoms with van der Waals surface area (Å²) in [5.74, 6) is -1.11. The second-order valence-electron chi connectivity index (χ2n) is 6.80. The van der Waals surface area contributed by atoms with Crippen LogP contribution in [0, 0.1) is 0 Å². The Kier molecular flexibility index (Phi) is 5.72. The fourth-order valence-electron chi connectivity index (χ4n) is 3.29. The van der Waals surface area contributed by atoms with Gasteiger partial charge >= 0.3 is 0 Å². The van der Waals surface area contributed by atoms with Gasteiger partial charge in [-0.05, 0) is 36.4 Å². The molecule has 0 spiro atoms. The number of carbonyl (C=O) groups excluding carboxylic acids is 2. The number of aromatic nitrogens is 2. The minimum absolute atomic E-state index is 0.0494. The second-order valence-corrected chi connectivity index (χ2v) is 7.72. The van der Waals surface area contributed by atoms with E-state index in [1.165, 1.54) is 7.11 Å².